The van der Waals surface area contributed by atoms with E-state index in [1.54, 1.807) is 0 Å². The number of nitrogens with zero attached hydrogens (tertiary/aromatic N) is 2. The molecule has 1 aromatic rings. The lowest BCUT2D eigenvalue weighted by Gasteiger charge is -2.20. The zero-order valence-corrected chi connectivity index (χ0v) is 10.5. The maximum Gasteiger partial charge on any atom is 0.134 e. The third-order valence-electron chi connectivity index (χ3n) is 3.86. The van der Waals surface area contributed by atoms with Crippen LogP contribution in [0, 0.1) is 25.7 Å². The van der Waals surface area contributed by atoms with E-state index in [4.69, 9.17) is 5.73 Å². The molecule has 3 N–H and O–H groups in total. The Labute approximate surface area is 102 Å². The topological polar surface area (TPSA) is 63.8 Å². The lowest BCUT2D eigenvalue weighted by atomic mass is 10.1. The van der Waals surface area contributed by atoms with Crippen molar-refractivity contribution < 1.29 is 0 Å². The Bertz CT molecular complexity index is 423. The quantitative estimate of drug-likeness (QED) is 0.836. The molecular formula is C13H20N4. The molecule has 0 radical (unpaired) electrons. The van der Waals surface area contributed by atoms with Gasteiger partial charge in [-0.1, -0.05) is 0 Å². The molecule has 2 aliphatic rings. The van der Waals surface area contributed by atoms with Crippen LogP contribution < -0.4 is 11.1 Å². The van der Waals surface area contributed by atoms with Gasteiger partial charge in [0, 0.05) is 11.6 Å². The van der Waals surface area contributed by atoms with E-state index in [0.29, 0.717) is 11.9 Å². The van der Waals surface area contributed by atoms with E-state index in [2.05, 4.69) is 15.3 Å². The van der Waals surface area contributed by atoms with Gasteiger partial charge >= 0.3 is 0 Å². The molecule has 92 valence electrons. The molecule has 2 saturated carbocycles. The van der Waals surface area contributed by atoms with Crippen molar-refractivity contribution in [3.8, 4) is 0 Å². The van der Waals surface area contributed by atoms with Gasteiger partial charge in [0.2, 0.25) is 0 Å². The summed E-state index contributed by atoms with van der Waals surface area (Å²) in [6.45, 7) is 3.89. The number of hydrogen-bond donors (Lipinski definition) is 2. The first-order valence-corrected chi connectivity index (χ1v) is 6.52. The second-order valence-corrected chi connectivity index (χ2v) is 5.47. The fourth-order valence-electron chi connectivity index (χ4n) is 2.48. The zero-order valence-electron chi connectivity index (χ0n) is 10.5. The summed E-state index contributed by atoms with van der Waals surface area (Å²) in [5.41, 5.74) is 6.88. The molecule has 17 heavy (non-hydrogen) atoms. The largest absolute Gasteiger partial charge is 0.383 e. The number of aromatic nitrogens is 2. The van der Waals surface area contributed by atoms with Crippen LogP contribution in [0.5, 0.6) is 0 Å². The van der Waals surface area contributed by atoms with E-state index < -0.39 is 0 Å². The van der Waals surface area contributed by atoms with E-state index in [0.717, 1.165) is 29.0 Å². The van der Waals surface area contributed by atoms with Gasteiger partial charge in [-0.2, -0.15) is 0 Å². The number of aryl methyl sites for hydroxylation is 1. The predicted molar refractivity (Wildman–Crippen MR) is 68.8 cm³/mol. The summed E-state index contributed by atoms with van der Waals surface area (Å²) < 4.78 is 0. The predicted octanol–water partition coefficient (Wildman–Crippen LogP) is 2.28. The van der Waals surface area contributed by atoms with Gasteiger partial charge in [-0.25, -0.2) is 9.97 Å². The Hall–Kier alpha value is -1.32. The van der Waals surface area contributed by atoms with Gasteiger partial charge in [-0.15, -0.1) is 0 Å². The maximum atomic E-state index is 5.89. The minimum atomic E-state index is 0.602. The Morgan fingerprint density at radius 3 is 2.24 bits per heavy atom. The van der Waals surface area contributed by atoms with Crippen molar-refractivity contribution in [1.82, 2.24) is 9.97 Å². The van der Waals surface area contributed by atoms with Gasteiger partial charge in [0.1, 0.15) is 17.5 Å². The molecule has 2 aliphatic carbocycles. The summed E-state index contributed by atoms with van der Waals surface area (Å²) in [4.78, 5) is 8.68. The Morgan fingerprint density at radius 2 is 1.71 bits per heavy atom. The molecule has 0 aliphatic heterocycles. The van der Waals surface area contributed by atoms with E-state index in [1.165, 1.54) is 25.7 Å². The second-order valence-electron chi connectivity index (χ2n) is 5.47. The summed E-state index contributed by atoms with van der Waals surface area (Å²) in [5, 5.41) is 3.62. The van der Waals surface area contributed by atoms with Crippen LogP contribution in [0.1, 0.15) is 37.1 Å². The third kappa shape index (κ3) is 2.21. The molecule has 0 amide bonds. The first-order chi connectivity index (χ1) is 8.15. The molecular weight excluding hydrogens is 212 g/mol. The third-order valence-corrected chi connectivity index (χ3v) is 3.86. The summed E-state index contributed by atoms with van der Waals surface area (Å²) in [6, 6.07) is 0.613. The summed E-state index contributed by atoms with van der Waals surface area (Å²) in [5.74, 6) is 4.02. The van der Waals surface area contributed by atoms with Gasteiger partial charge in [0.25, 0.3) is 0 Å². The highest BCUT2D eigenvalue weighted by Gasteiger charge is 2.41. The van der Waals surface area contributed by atoms with Crippen molar-refractivity contribution in [2.75, 3.05) is 11.1 Å². The van der Waals surface area contributed by atoms with E-state index in [9.17, 15) is 0 Å². The average molecular weight is 232 g/mol. The molecule has 0 atom stereocenters. The Balaban J connectivity index is 1.83. The zero-order chi connectivity index (χ0) is 12.0. The molecule has 1 heterocycles. The monoisotopic (exact) mass is 232 g/mol. The number of hydrogen-bond acceptors (Lipinski definition) is 4. The Kier molecular flexibility index (Phi) is 2.45. The molecule has 4 heteroatoms. The summed E-state index contributed by atoms with van der Waals surface area (Å²) in [7, 11) is 0. The molecule has 3 rings (SSSR count). The highest BCUT2D eigenvalue weighted by molar-refractivity contribution is 5.55. The van der Waals surface area contributed by atoms with Gasteiger partial charge in [-0.3, -0.25) is 0 Å². The fraction of sp³-hybridized carbons (Fsp3) is 0.692. The molecule has 0 bridgehead atoms. The van der Waals surface area contributed by atoms with E-state index in [1.807, 2.05) is 13.8 Å². The van der Waals surface area contributed by atoms with Crippen LogP contribution in [0.2, 0.25) is 0 Å². The number of rotatable bonds is 4. The van der Waals surface area contributed by atoms with Crippen LogP contribution in [0.3, 0.4) is 0 Å². The van der Waals surface area contributed by atoms with Crippen molar-refractivity contribution in [2.45, 2.75) is 45.6 Å². The van der Waals surface area contributed by atoms with Gasteiger partial charge in [-0.05, 0) is 51.4 Å². The molecule has 1 aromatic heterocycles. The molecule has 2 fully saturated rings. The summed E-state index contributed by atoms with van der Waals surface area (Å²) in [6.07, 6.45) is 5.47. The normalized spacial score (nSPS) is 19.7. The minimum Gasteiger partial charge on any atom is -0.383 e. The van der Waals surface area contributed by atoms with Crippen LogP contribution in [0.15, 0.2) is 0 Å². The van der Waals surface area contributed by atoms with Crippen molar-refractivity contribution in [1.29, 1.82) is 0 Å². The highest BCUT2D eigenvalue weighted by atomic mass is 15.1. The van der Waals surface area contributed by atoms with Crippen LogP contribution in [-0.2, 0) is 0 Å². The molecule has 0 spiro atoms. The number of anilines is 2. The average Bonchev–Trinajstić information content (AvgIpc) is 3.15. The fourth-order valence-corrected chi connectivity index (χ4v) is 2.48. The molecule has 0 saturated heterocycles. The number of nitrogen functional groups attached to an aromatic ring is 1. The highest BCUT2D eigenvalue weighted by Crippen LogP contribution is 2.46. The second kappa shape index (κ2) is 3.86. The van der Waals surface area contributed by atoms with Crippen molar-refractivity contribution in [3.63, 3.8) is 0 Å². The first-order valence-electron chi connectivity index (χ1n) is 6.52. The van der Waals surface area contributed by atoms with E-state index in [-0.39, 0.29) is 0 Å². The number of nitrogens with two attached hydrogens (primary N) is 1. The van der Waals surface area contributed by atoms with Crippen LogP contribution in [0.25, 0.3) is 0 Å². The van der Waals surface area contributed by atoms with Gasteiger partial charge < -0.3 is 11.1 Å². The van der Waals surface area contributed by atoms with Crippen molar-refractivity contribution in [2.24, 2.45) is 11.8 Å². The van der Waals surface area contributed by atoms with Crippen molar-refractivity contribution >= 4 is 11.6 Å². The van der Waals surface area contributed by atoms with Gasteiger partial charge in [0.15, 0.2) is 0 Å². The maximum absolute atomic E-state index is 5.89. The lowest BCUT2D eigenvalue weighted by molar-refractivity contribution is 0.565. The smallest absolute Gasteiger partial charge is 0.134 e. The Morgan fingerprint density at radius 1 is 1.12 bits per heavy atom. The molecule has 0 aromatic carbocycles. The molecule has 0 unspecified atom stereocenters. The van der Waals surface area contributed by atoms with Crippen LogP contribution in [-0.4, -0.2) is 16.0 Å². The standard InChI is InChI=1S/C13H20N4/c1-7-12(14)15-8(2)16-13(7)17-11(9-3-4-9)10-5-6-10/h9-11H,3-6H2,1-2H3,(H3,14,15,16,17). The summed E-state index contributed by atoms with van der Waals surface area (Å²) >= 11 is 0. The SMILES string of the molecule is Cc1nc(N)c(C)c(NC(C2CC2)C2CC2)n1. The van der Waals surface area contributed by atoms with Gasteiger partial charge in [0.05, 0.1) is 0 Å². The van der Waals surface area contributed by atoms with Crippen LogP contribution >= 0.6 is 0 Å². The molecule has 4 nitrogen and oxygen atoms in total. The van der Waals surface area contributed by atoms with Crippen molar-refractivity contribution in [3.05, 3.63) is 11.4 Å². The minimum absolute atomic E-state index is 0.602. The lowest BCUT2D eigenvalue weighted by Crippen LogP contribution is -2.25. The van der Waals surface area contributed by atoms with E-state index >= 15 is 0 Å². The first kappa shape index (κ1) is 10.8. The van der Waals surface area contributed by atoms with Crippen LogP contribution in [0.4, 0.5) is 11.6 Å². The number of nitrogens with one attached hydrogen (secondary N) is 1.